The molecule has 2 unspecified atom stereocenters. The first kappa shape index (κ1) is 90.4. The van der Waals surface area contributed by atoms with Crippen LogP contribution in [0.15, 0.2) is 0 Å². The number of carbonyl (C=O) groups is 3. The van der Waals surface area contributed by atoms with Gasteiger partial charge < -0.3 is 36.0 Å². The second kappa shape index (κ2) is 75.1. The normalized spacial score (nSPS) is 12.5. The molecule has 92 heavy (non-hydrogen) atoms. The fourth-order valence-electron chi connectivity index (χ4n) is 13.5. The number of hydrogen-bond donors (Lipinski definition) is 5. The van der Waals surface area contributed by atoms with Gasteiger partial charge in [-0.15, -0.1) is 0 Å². The fraction of sp³-hybridized carbons (Fsp3) is 0.963. The first-order chi connectivity index (χ1) is 45.2. The summed E-state index contributed by atoms with van der Waals surface area (Å²) in [7, 11) is 0. The van der Waals surface area contributed by atoms with Crippen LogP contribution in [0.25, 0.3) is 0 Å². The van der Waals surface area contributed by atoms with Crippen molar-refractivity contribution in [3.8, 4) is 0 Å². The number of rotatable bonds is 79. The highest BCUT2D eigenvalue weighted by atomic mass is 16.3. The summed E-state index contributed by atoms with van der Waals surface area (Å²) in [6, 6.07) is 0. The lowest BCUT2D eigenvalue weighted by Gasteiger charge is -2.29. The molecule has 0 rings (SSSR count). The van der Waals surface area contributed by atoms with Crippen LogP contribution in [0, 0.1) is 0 Å². The Morgan fingerprint density at radius 2 is 0.533 bits per heavy atom. The molecule has 0 heterocycles. The molecule has 0 aliphatic heterocycles. The smallest absolute Gasteiger partial charge is 0.234 e. The molecule has 0 saturated heterocycles. The number of nitrogens with zero attached hydrogens (tertiary/aromatic N) is 3. The Hall–Kier alpha value is -1.63. The Bertz CT molecular complexity index is 1450. The maximum Gasteiger partial charge on any atom is 0.234 e. The van der Waals surface area contributed by atoms with Crippen molar-refractivity contribution in [2.24, 2.45) is 0 Å². The van der Waals surface area contributed by atoms with Gasteiger partial charge in [0.25, 0.3) is 0 Å². The maximum atomic E-state index is 13.6. The highest BCUT2D eigenvalue weighted by molar-refractivity contribution is 5.82. The van der Waals surface area contributed by atoms with Gasteiger partial charge in [-0.25, -0.2) is 0 Å². The number of Topliss-reactive ketones (excluding diaryl/α,β-unsaturated/α-hetero) is 1. The van der Waals surface area contributed by atoms with E-state index in [0.29, 0.717) is 39.1 Å². The first-order valence-corrected chi connectivity index (χ1v) is 41.5. The van der Waals surface area contributed by atoms with E-state index in [1.165, 1.54) is 302 Å². The molecule has 11 heteroatoms. The van der Waals surface area contributed by atoms with Crippen molar-refractivity contribution in [2.75, 3.05) is 85.1 Å². The molecule has 0 radical (unpaired) electrons. The molecule has 0 aromatic rings. The summed E-state index contributed by atoms with van der Waals surface area (Å²) in [6.45, 7) is 18.9. The molecule has 0 aromatic carbocycles. The van der Waals surface area contributed by atoms with E-state index < -0.39 is 12.2 Å². The maximum absolute atomic E-state index is 13.6. The lowest BCUT2D eigenvalue weighted by molar-refractivity contribution is -0.125. The van der Waals surface area contributed by atoms with E-state index in [0.717, 1.165) is 96.9 Å². The third kappa shape index (κ3) is 69.7. The van der Waals surface area contributed by atoms with Gasteiger partial charge in [-0.1, -0.05) is 356 Å². The van der Waals surface area contributed by atoms with Gasteiger partial charge in [0.2, 0.25) is 11.8 Å². The van der Waals surface area contributed by atoms with Gasteiger partial charge in [-0.2, -0.15) is 0 Å². The van der Waals surface area contributed by atoms with Gasteiger partial charge in [-0.3, -0.25) is 19.3 Å². The van der Waals surface area contributed by atoms with Crippen LogP contribution in [-0.4, -0.2) is 140 Å². The van der Waals surface area contributed by atoms with Gasteiger partial charge in [0.15, 0.2) is 0 Å². The van der Waals surface area contributed by atoms with Crippen molar-refractivity contribution in [3.05, 3.63) is 0 Å². The average molecular weight is 1300 g/mol. The minimum atomic E-state index is -0.677. The van der Waals surface area contributed by atoms with Crippen molar-refractivity contribution < 1.29 is 24.6 Å². The number of aliphatic hydroxyl groups is 2. The zero-order chi connectivity index (χ0) is 66.9. The van der Waals surface area contributed by atoms with E-state index in [1.54, 1.807) is 0 Å². The summed E-state index contributed by atoms with van der Waals surface area (Å²) in [5, 5.41) is 32.9. The van der Waals surface area contributed by atoms with E-state index in [1.807, 2.05) is 4.90 Å². The van der Waals surface area contributed by atoms with E-state index in [4.69, 9.17) is 0 Å². The number of unbranched alkanes of at least 4 members (excludes halogenated alkanes) is 51. The number of amides is 2. The molecule has 0 saturated carbocycles. The molecule has 0 spiro atoms. The molecule has 0 aromatic heterocycles. The molecule has 548 valence electrons. The second-order valence-electron chi connectivity index (χ2n) is 29.1. The molecule has 2 atom stereocenters. The van der Waals surface area contributed by atoms with Crippen LogP contribution >= 0.6 is 0 Å². The van der Waals surface area contributed by atoms with Crippen LogP contribution in [0.4, 0.5) is 0 Å². The highest BCUT2D eigenvalue weighted by Crippen LogP contribution is 2.18. The Morgan fingerprint density at radius 1 is 0.283 bits per heavy atom. The summed E-state index contributed by atoms with van der Waals surface area (Å²) in [4.78, 5) is 46.8. The van der Waals surface area contributed by atoms with Crippen molar-refractivity contribution in [3.63, 3.8) is 0 Å². The quantitative estimate of drug-likeness (QED) is 0.0377. The third-order valence-electron chi connectivity index (χ3n) is 19.5. The Balaban J connectivity index is 5.78. The van der Waals surface area contributed by atoms with Crippen molar-refractivity contribution in [2.45, 2.75) is 419 Å². The van der Waals surface area contributed by atoms with Gasteiger partial charge in [0.05, 0.1) is 31.8 Å². The molecule has 5 N–H and O–H groups in total. The van der Waals surface area contributed by atoms with Gasteiger partial charge >= 0.3 is 0 Å². The number of carbonyl (C=O) groups excluding carboxylic acids is 3. The molecule has 0 aliphatic carbocycles. The average Bonchev–Trinajstić information content (AvgIpc) is 2.80. The lowest BCUT2D eigenvalue weighted by atomic mass is 10.0. The van der Waals surface area contributed by atoms with E-state index >= 15 is 0 Å². The lowest BCUT2D eigenvalue weighted by Crippen LogP contribution is -2.46. The molecule has 11 nitrogen and oxygen atoms in total. The Labute approximate surface area is 574 Å². The van der Waals surface area contributed by atoms with E-state index in [9.17, 15) is 24.6 Å². The zero-order valence-corrected chi connectivity index (χ0v) is 62.8. The third-order valence-corrected chi connectivity index (χ3v) is 19.5. The largest absolute Gasteiger partial charge is 0.390 e. The van der Waals surface area contributed by atoms with Crippen LogP contribution in [0.2, 0.25) is 0 Å². The molecule has 2 amide bonds. The predicted octanol–water partition coefficient (Wildman–Crippen LogP) is 20.7. The topological polar surface area (TPSA) is 137 Å². The highest BCUT2D eigenvalue weighted by Gasteiger charge is 2.21. The van der Waals surface area contributed by atoms with Crippen LogP contribution in [0.5, 0.6) is 0 Å². The van der Waals surface area contributed by atoms with Crippen molar-refractivity contribution in [1.29, 1.82) is 0 Å². The molecular formula is C81H164N6O5. The van der Waals surface area contributed by atoms with Crippen molar-refractivity contribution in [1.82, 2.24) is 30.7 Å². The summed E-state index contributed by atoms with van der Waals surface area (Å²) >= 11 is 0. The minimum Gasteiger partial charge on any atom is -0.390 e. The van der Waals surface area contributed by atoms with Crippen LogP contribution in [-0.2, 0) is 14.4 Å². The van der Waals surface area contributed by atoms with Gasteiger partial charge in [-0.05, 0) is 71.1 Å². The molecule has 0 fully saturated rings. The van der Waals surface area contributed by atoms with Crippen molar-refractivity contribution >= 4 is 17.6 Å². The first-order valence-electron chi connectivity index (χ1n) is 41.5. The summed E-state index contributed by atoms with van der Waals surface area (Å²) in [5.41, 5.74) is 0. The van der Waals surface area contributed by atoms with Crippen LogP contribution in [0.3, 0.4) is 0 Å². The van der Waals surface area contributed by atoms with Gasteiger partial charge in [0, 0.05) is 45.7 Å². The molecule has 0 aliphatic rings. The fourth-order valence-corrected chi connectivity index (χ4v) is 13.5. The summed E-state index contributed by atoms with van der Waals surface area (Å²) in [6.07, 6.45) is 71.9. The predicted molar refractivity (Wildman–Crippen MR) is 401 cm³/mol. The number of hydrogen-bond acceptors (Lipinski definition) is 9. The number of nitrogens with one attached hydrogen (secondary N) is 3. The van der Waals surface area contributed by atoms with Crippen LogP contribution in [0.1, 0.15) is 407 Å². The SMILES string of the molecule is CCCCCCCCCCCCCCN(CCCCN(CCCCCCCCCCCCCC)CC(O)CN(CC(=O)CCCCCCCCCCCCC)CC(=O)NCCCCCCCCCCCC)CC(O)CNCC(=O)NCCCCCCCCCCCC. The molecular weight excluding hydrogens is 1140 g/mol. The van der Waals surface area contributed by atoms with E-state index in [-0.39, 0.29) is 37.2 Å². The zero-order valence-electron chi connectivity index (χ0n) is 62.8. The Morgan fingerprint density at radius 3 is 0.859 bits per heavy atom. The molecule has 0 bridgehead atoms. The summed E-state index contributed by atoms with van der Waals surface area (Å²) in [5.74, 6) is 0.146. The number of aliphatic hydroxyl groups excluding tert-OH is 2. The summed E-state index contributed by atoms with van der Waals surface area (Å²) < 4.78 is 0. The Kier molecular flexibility index (Phi) is 73.8. The minimum absolute atomic E-state index is 0.0102. The monoisotopic (exact) mass is 1300 g/mol. The second-order valence-corrected chi connectivity index (χ2v) is 29.1. The van der Waals surface area contributed by atoms with E-state index in [2.05, 4.69) is 60.4 Å². The van der Waals surface area contributed by atoms with Crippen LogP contribution < -0.4 is 16.0 Å². The standard InChI is InChI=1S/C81H164N6O5/c1-6-11-16-21-26-31-36-39-44-49-54-59-66-85(73-78(89)70-82-71-80(91)83-64-57-52-47-42-34-29-24-19-14-9-4)68-61-62-69-86(67-60-55-50-45-40-37-32-27-22-17-12-7-2)74-79(90)75-87(72-77(88)63-56-51-46-41-38-33-28-23-18-13-8-3)76-81(92)84-65-58-53-48-43-35-30-25-20-15-10-5/h78-79,82,89-90H,6-76H2,1-5H3,(H,83,91)(H,84,92). The van der Waals surface area contributed by atoms with Gasteiger partial charge in [0.1, 0.15) is 5.78 Å². The number of ketones is 1.